The summed E-state index contributed by atoms with van der Waals surface area (Å²) in [5.74, 6) is 0.330. The molecular weight excluding hydrogens is 567 g/mol. The maximum atomic E-state index is 13.3. The molecule has 0 aliphatic carbocycles. The normalized spacial score (nSPS) is 18.5. The van der Waals surface area contributed by atoms with E-state index in [1.54, 1.807) is 30.3 Å². The van der Waals surface area contributed by atoms with Crippen LogP contribution in [0.15, 0.2) is 77.7 Å². The van der Waals surface area contributed by atoms with Gasteiger partial charge in [0.1, 0.15) is 5.75 Å². The Morgan fingerprint density at radius 3 is 2.48 bits per heavy atom. The number of carbonyl (C=O) groups excluding carboxylic acids is 1. The summed E-state index contributed by atoms with van der Waals surface area (Å²) in [6.07, 6.45) is -0.717. The number of hydrogen-bond acceptors (Lipinski definition) is 5. The average molecular weight is 602 g/mol. The predicted octanol–water partition coefficient (Wildman–Crippen LogP) is 5.74. The molecule has 224 valence electrons. The van der Waals surface area contributed by atoms with Gasteiger partial charge in [-0.1, -0.05) is 55.0 Å². The zero-order valence-corrected chi connectivity index (χ0v) is 23.9. The molecule has 0 spiro atoms. The topological polar surface area (TPSA) is 87.7 Å². The van der Waals surface area contributed by atoms with Gasteiger partial charge in [-0.25, -0.2) is 13.1 Å². The second-order valence-corrected chi connectivity index (χ2v) is 12.5. The number of fused-ring (bicyclic) bond motifs is 1. The number of sulfonamides is 1. The van der Waals surface area contributed by atoms with Crippen LogP contribution in [-0.4, -0.2) is 38.9 Å². The van der Waals surface area contributed by atoms with E-state index in [0.717, 1.165) is 54.7 Å². The molecule has 2 N–H and O–H groups in total. The minimum absolute atomic E-state index is 0.248. The minimum atomic E-state index is -4.70. The van der Waals surface area contributed by atoms with Crippen molar-refractivity contribution < 1.29 is 31.1 Å². The van der Waals surface area contributed by atoms with Crippen LogP contribution in [0.2, 0.25) is 0 Å². The van der Waals surface area contributed by atoms with Gasteiger partial charge in [0.2, 0.25) is 15.9 Å². The van der Waals surface area contributed by atoms with Crippen molar-refractivity contribution in [2.24, 2.45) is 0 Å². The Morgan fingerprint density at radius 1 is 0.976 bits per heavy atom. The van der Waals surface area contributed by atoms with Gasteiger partial charge >= 0.3 is 6.18 Å². The van der Waals surface area contributed by atoms with E-state index in [0.29, 0.717) is 24.7 Å². The van der Waals surface area contributed by atoms with Crippen LogP contribution in [0.3, 0.4) is 0 Å². The van der Waals surface area contributed by atoms with Gasteiger partial charge in [-0.2, -0.15) is 13.2 Å². The second-order valence-electron chi connectivity index (χ2n) is 10.8. The van der Waals surface area contributed by atoms with Crippen molar-refractivity contribution in [3.8, 4) is 5.75 Å². The molecule has 0 aromatic heterocycles. The van der Waals surface area contributed by atoms with E-state index in [1.807, 2.05) is 12.1 Å². The zero-order valence-electron chi connectivity index (χ0n) is 23.1. The Hall–Kier alpha value is -3.41. The SMILES string of the molecule is O=C(C[C@@H](NS(=O)(=O)c1cccc(C(F)(F)F)c1)c1ccccc1)N[C@@H]1CCOc2cc(CN3CCCCC3)ccc21. The minimum Gasteiger partial charge on any atom is -0.493 e. The van der Waals surface area contributed by atoms with E-state index in [1.165, 1.54) is 19.3 Å². The summed E-state index contributed by atoms with van der Waals surface area (Å²) in [6, 6.07) is 16.8. The molecule has 2 aliphatic heterocycles. The number of alkyl halides is 3. The van der Waals surface area contributed by atoms with Crippen molar-refractivity contribution in [2.45, 2.75) is 61.8 Å². The van der Waals surface area contributed by atoms with E-state index in [9.17, 15) is 26.4 Å². The Kier molecular flexibility index (Phi) is 9.19. The highest BCUT2D eigenvalue weighted by molar-refractivity contribution is 7.89. The van der Waals surface area contributed by atoms with Crippen molar-refractivity contribution in [3.63, 3.8) is 0 Å². The number of nitrogens with one attached hydrogen (secondary N) is 2. The highest BCUT2D eigenvalue weighted by Crippen LogP contribution is 2.34. The number of carbonyl (C=O) groups is 1. The summed E-state index contributed by atoms with van der Waals surface area (Å²) < 4.78 is 74.4. The van der Waals surface area contributed by atoms with Gasteiger partial charge in [-0.05, 0) is 61.3 Å². The third-order valence-electron chi connectivity index (χ3n) is 7.67. The lowest BCUT2D eigenvalue weighted by Crippen LogP contribution is -2.36. The van der Waals surface area contributed by atoms with Crippen molar-refractivity contribution in [1.82, 2.24) is 14.9 Å². The molecule has 1 amide bonds. The molecular formula is C31H34F3N3O4S. The van der Waals surface area contributed by atoms with Crippen LogP contribution < -0.4 is 14.8 Å². The Labute approximate surface area is 244 Å². The fourth-order valence-corrected chi connectivity index (χ4v) is 6.77. The van der Waals surface area contributed by atoms with Crippen LogP contribution in [0.25, 0.3) is 0 Å². The highest BCUT2D eigenvalue weighted by Gasteiger charge is 2.33. The number of hydrogen-bond donors (Lipinski definition) is 2. The molecule has 3 aromatic rings. The monoisotopic (exact) mass is 601 g/mol. The molecule has 0 radical (unpaired) electrons. The van der Waals surface area contributed by atoms with Gasteiger partial charge < -0.3 is 10.1 Å². The second kappa shape index (κ2) is 12.8. The van der Waals surface area contributed by atoms with Gasteiger partial charge in [0.15, 0.2) is 0 Å². The van der Waals surface area contributed by atoms with Crippen LogP contribution in [0.4, 0.5) is 13.2 Å². The molecule has 2 atom stereocenters. The molecule has 0 bridgehead atoms. The lowest BCUT2D eigenvalue weighted by molar-refractivity contribution is -0.137. The number of likely N-dealkylation sites (tertiary alicyclic amines) is 1. The summed E-state index contributed by atoms with van der Waals surface area (Å²) >= 11 is 0. The molecule has 1 saturated heterocycles. The number of halogens is 3. The van der Waals surface area contributed by atoms with E-state index < -0.39 is 38.6 Å². The third kappa shape index (κ3) is 7.50. The first-order chi connectivity index (χ1) is 20.1. The Bertz CT molecular complexity index is 1490. The number of rotatable bonds is 9. The summed E-state index contributed by atoms with van der Waals surface area (Å²) in [7, 11) is -4.39. The van der Waals surface area contributed by atoms with E-state index in [4.69, 9.17) is 4.74 Å². The molecule has 2 heterocycles. The summed E-state index contributed by atoms with van der Waals surface area (Å²) in [5, 5.41) is 3.02. The van der Waals surface area contributed by atoms with Crippen molar-refractivity contribution in [1.29, 1.82) is 0 Å². The first kappa shape index (κ1) is 30.1. The van der Waals surface area contributed by atoms with Gasteiger partial charge in [0.05, 0.1) is 29.1 Å². The summed E-state index contributed by atoms with van der Waals surface area (Å²) in [4.78, 5) is 15.2. The number of piperidine rings is 1. The average Bonchev–Trinajstić information content (AvgIpc) is 2.97. The Balaban J connectivity index is 1.30. The van der Waals surface area contributed by atoms with Crippen LogP contribution in [-0.2, 0) is 27.5 Å². The van der Waals surface area contributed by atoms with Gasteiger partial charge in [0.25, 0.3) is 0 Å². The van der Waals surface area contributed by atoms with Crippen LogP contribution >= 0.6 is 0 Å². The number of benzene rings is 3. The fraction of sp³-hybridized carbons (Fsp3) is 0.387. The standard InChI is InChI=1S/C31H34F3N3O4S/c32-31(33,34)24-10-7-11-25(19-24)42(39,40)36-28(23-8-3-1-4-9-23)20-30(38)35-27-14-17-41-29-18-22(12-13-26(27)29)21-37-15-5-2-6-16-37/h1,3-4,7-13,18-19,27-28,36H,2,5-6,14-17,20-21H2,(H,35,38)/t27-,28-/m1/s1. The van der Waals surface area contributed by atoms with E-state index in [2.05, 4.69) is 21.0 Å². The summed E-state index contributed by atoms with van der Waals surface area (Å²) in [5.41, 5.74) is 1.45. The van der Waals surface area contributed by atoms with Crippen LogP contribution in [0, 0.1) is 0 Å². The van der Waals surface area contributed by atoms with Gasteiger partial charge in [0, 0.05) is 24.9 Å². The highest BCUT2D eigenvalue weighted by atomic mass is 32.2. The number of ether oxygens (including phenoxy) is 1. The van der Waals surface area contributed by atoms with Gasteiger partial charge in [-0.15, -0.1) is 0 Å². The molecule has 1 fully saturated rings. The smallest absolute Gasteiger partial charge is 0.416 e. The van der Waals surface area contributed by atoms with E-state index in [-0.39, 0.29) is 12.5 Å². The van der Waals surface area contributed by atoms with Crippen LogP contribution in [0.5, 0.6) is 5.75 Å². The quantitative estimate of drug-likeness (QED) is 0.327. The molecule has 42 heavy (non-hydrogen) atoms. The molecule has 7 nitrogen and oxygen atoms in total. The summed E-state index contributed by atoms with van der Waals surface area (Å²) in [6.45, 7) is 3.43. The molecule has 11 heteroatoms. The third-order valence-corrected chi connectivity index (χ3v) is 9.14. The first-order valence-electron chi connectivity index (χ1n) is 14.1. The molecule has 0 saturated carbocycles. The lowest BCUT2D eigenvalue weighted by Gasteiger charge is -2.29. The molecule has 2 aliphatic rings. The predicted molar refractivity (Wildman–Crippen MR) is 152 cm³/mol. The Morgan fingerprint density at radius 2 is 1.74 bits per heavy atom. The maximum Gasteiger partial charge on any atom is 0.416 e. The fourth-order valence-electron chi connectivity index (χ4n) is 5.50. The van der Waals surface area contributed by atoms with Crippen LogP contribution in [0.1, 0.15) is 66.4 Å². The number of amides is 1. The zero-order chi connectivity index (χ0) is 29.7. The maximum absolute atomic E-state index is 13.3. The molecule has 3 aromatic carbocycles. The van der Waals surface area contributed by atoms with Gasteiger partial charge in [-0.3, -0.25) is 9.69 Å². The molecule has 0 unspecified atom stereocenters. The molecule has 5 rings (SSSR count). The van der Waals surface area contributed by atoms with E-state index >= 15 is 0 Å². The number of nitrogens with zero attached hydrogens (tertiary/aromatic N) is 1. The van der Waals surface area contributed by atoms with Crippen molar-refractivity contribution in [2.75, 3.05) is 19.7 Å². The first-order valence-corrected chi connectivity index (χ1v) is 15.6. The van der Waals surface area contributed by atoms with Crippen molar-refractivity contribution in [3.05, 3.63) is 95.1 Å². The largest absolute Gasteiger partial charge is 0.493 e. The lowest BCUT2D eigenvalue weighted by atomic mass is 9.97. The van der Waals surface area contributed by atoms with Crippen molar-refractivity contribution >= 4 is 15.9 Å².